The predicted molar refractivity (Wildman–Crippen MR) is 88.0 cm³/mol. The van der Waals surface area contributed by atoms with E-state index >= 15 is 0 Å². The van der Waals surface area contributed by atoms with Crippen molar-refractivity contribution >= 4 is 38.2 Å². The van der Waals surface area contributed by atoms with Crippen LogP contribution >= 0.6 is 15.9 Å². The van der Waals surface area contributed by atoms with Gasteiger partial charge in [0.2, 0.25) is 0 Å². The van der Waals surface area contributed by atoms with Gasteiger partial charge in [-0.1, -0.05) is 13.8 Å². The molecule has 0 aliphatic carbocycles. The van der Waals surface area contributed by atoms with Gasteiger partial charge < -0.3 is 15.8 Å². The summed E-state index contributed by atoms with van der Waals surface area (Å²) in [5, 5.41) is 4.46. The van der Waals surface area contributed by atoms with Gasteiger partial charge in [0.1, 0.15) is 0 Å². The molecule has 0 aliphatic heterocycles. The molecule has 20 heavy (non-hydrogen) atoms. The van der Waals surface area contributed by atoms with E-state index in [-0.39, 0.29) is 6.04 Å². The van der Waals surface area contributed by atoms with Gasteiger partial charge in [0.05, 0.1) is 23.9 Å². The molecule has 2 aromatic rings. The summed E-state index contributed by atoms with van der Waals surface area (Å²) in [7, 11) is 1.72. The number of hydrogen-bond donors (Lipinski definition) is 2. The zero-order valence-corrected chi connectivity index (χ0v) is 13.6. The van der Waals surface area contributed by atoms with Crippen LogP contribution in [-0.4, -0.2) is 24.7 Å². The summed E-state index contributed by atoms with van der Waals surface area (Å²) in [5.41, 5.74) is 8.63. The molecule has 0 saturated heterocycles. The Morgan fingerprint density at radius 1 is 1.40 bits per heavy atom. The molecule has 5 heteroatoms. The average Bonchev–Trinajstić information content (AvgIpc) is 2.41. The minimum absolute atomic E-state index is 0.234. The number of nitrogens with two attached hydrogens (primary N) is 1. The lowest BCUT2D eigenvalue weighted by Crippen LogP contribution is -2.30. The van der Waals surface area contributed by atoms with Gasteiger partial charge in [-0.2, -0.15) is 0 Å². The summed E-state index contributed by atoms with van der Waals surface area (Å²) in [6.07, 6.45) is 1.79. The Bertz CT molecular complexity index is 601. The molecule has 1 heterocycles. The number of anilines is 2. The third-order valence-corrected chi connectivity index (χ3v) is 3.78. The van der Waals surface area contributed by atoms with Crippen LogP contribution in [0, 0.1) is 5.92 Å². The second-order valence-corrected chi connectivity index (χ2v) is 6.12. The molecule has 108 valence electrons. The maximum atomic E-state index is 6.03. The van der Waals surface area contributed by atoms with Crippen LogP contribution in [0.15, 0.2) is 28.9 Å². The van der Waals surface area contributed by atoms with E-state index in [0.29, 0.717) is 12.5 Å². The summed E-state index contributed by atoms with van der Waals surface area (Å²) < 4.78 is 6.20. The quantitative estimate of drug-likeness (QED) is 0.817. The molecule has 1 aromatic heterocycles. The number of nitrogen functional groups attached to an aromatic ring is 1. The number of nitrogens with one attached hydrogen (secondary N) is 1. The fourth-order valence-electron chi connectivity index (χ4n) is 2.11. The normalized spacial score (nSPS) is 12.8. The second-order valence-electron chi connectivity index (χ2n) is 5.20. The third-order valence-electron chi connectivity index (χ3n) is 3.34. The number of fused-ring (bicyclic) bond motifs is 1. The fourth-order valence-corrected chi connectivity index (χ4v) is 2.44. The van der Waals surface area contributed by atoms with Crippen LogP contribution < -0.4 is 11.1 Å². The van der Waals surface area contributed by atoms with Crippen LogP contribution in [0.3, 0.4) is 0 Å². The first-order valence-corrected chi connectivity index (χ1v) is 7.41. The van der Waals surface area contributed by atoms with Crippen molar-refractivity contribution in [1.29, 1.82) is 0 Å². The first kappa shape index (κ1) is 15.1. The summed E-state index contributed by atoms with van der Waals surface area (Å²) >= 11 is 3.43. The first-order valence-electron chi connectivity index (χ1n) is 6.62. The Hall–Kier alpha value is -1.33. The molecular formula is C15H20BrN3O. The number of hydrogen-bond acceptors (Lipinski definition) is 4. The lowest BCUT2D eigenvalue weighted by atomic mass is 10.0. The van der Waals surface area contributed by atoms with E-state index in [0.717, 1.165) is 26.8 Å². The zero-order valence-electron chi connectivity index (χ0n) is 12.0. The number of methoxy groups -OCH3 is 1. The number of halogens is 1. The van der Waals surface area contributed by atoms with E-state index in [1.807, 2.05) is 18.2 Å². The van der Waals surface area contributed by atoms with Crippen molar-refractivity contribution < 1.29 is 4.74 Å². The SMILES string of the molecule is COCC(Nc1ccc(N)c2cc(Br)cnc12)C(C)C. The van der Waals surface area contributed by atoms with Crippen LogP contribution in [-0.2, 0) is 4.74 Å². The van der Waals surface area contributed by atoms with Crippen molar-refractivity contribution in [3.05, 3.63) is 28.9 Å². The minimum atomic E-state index is 0.234. The molecule has 4 nitrogen and oxygen atoms in total. The van der Waals surface area contributed by atoms with E-state index in [4.69, 9.17) is 10.5 Å². The molecule has 0 bridgehead atoms. The van der Waals surface area contributed by atoms with E-state index in [1.165, 1.54) is 0 Å². The van der Waals surface area contributed by atoms with E-state index in [1.54, 1.807) is 13.3 Å². The van der Waals surface area contributed by atoms with Crippen molar-refractivity contribution in [2.75, 3.05) is 24.8 Å². The number of rotatable bonds is 5. The predicted octanol–water partition coefficient (Wildman–Crippen LogP) is 3.66. The maximum absolute atomic E-state index is 6.03. The summed E-state index contributed by atoms with van der Waals surface area (Å²) in [6.45, 7) is 4.99. The highest BCUT2D eigenvalue weighted by Gasteiger charge is 2.15. The molecule has 0 fully saturated rings. The van der Waals surface area contributed by atoms with Gasteiger partial charge in [0.25, 0.3) is 0 Å². The average molecular weight is 338 g/mol. The Balaban J connectivity index is 2.42. The summed E-state index contributed by atoms with van der Waals surface area (Å²) in [4.78, 5) is 4.48. The molecule has 3 N–H and O–H groups in total. The number of aromatic nitrogens is 1. The molecule has 0 amide bonds. The molecular weight excluding hydrogens is 318 g/mol. The van der Waals surface area contributed by atoms with Gasteiger partial charge in [-0.05, 0) is 40.0 Å². The van der Waals surface area contributed by atoms with Crippen LogP contribution in [0.1, 0.15) is 13.8 Å². The number of pyridine rings is 1. The van der Waals surface area contributed by atoms with Gasteiger partial charge >= 0.3 is 0 Å². The largest absolute Gasteiger partial charge is 0.398 e. The summed E-state index contributed by atoms with van der Waals surface area (Å²) in [5.74, 6) is 0.456. The van der Waals surface area contributed by atoms with Crippen LogP contribution in [0.25, 0.3) is 10.9 Å². The lowest BCUT2D eigenvalue weighted by molar-refractivity contribution is 0.171. The first-order chi connectivity index (χ1) is 9.52. The standard InChI is InChI=1S/C15H20BrN3O/c1-9(2)14(8-20-3)19-13-5-4-12(17)11-6-10(16)7-18-15(11)13/h4-7,9,14,19H,8,17H2,1-3H3. The van der Waals surface area contributed by atoms with Crippen molar-refractivity contribution in [1.82, 2.24) is 4.98 Å². The Kier molecular flexibility index (Phi) is 4.83. The van der Waals surface area contributed by atoms with Gasteiger partial charge in [0, 0.05) is 28.9 Å². The number of ether oxygens (including phenoxy) is 1. The molecule has 2 rings (SSSR count). The molecule has 0 saturated carbocycles. The van der Waals surface area contributed by atoms with Crippen LogP contribution in [0.4, 0.5) is 11.4 Å². The molecule has 1 unspecified atom stereocenters. The van der Waals surface area contributed by atoms with E-state index < -0.39 is 0 Å². The Labute approximate surface area is 127 Å². The van der Waals surface area contributed by atoms with Gasteiger partial charge in [0.15, 0.2) is 0 Å². The minimum Gasteiger partial charge on any atom is -0.398 e. The summed E-state index contributed by atoms with van der Waals surface area (Å²) in [6, 6.07) is 6.10. The van der Waals surface area contributed by atoms with Crippen LogP contribution in [0.5, 0.6) is 0 Å². The van der Waals surface area contributed by atoms with E-state index in [9.17, 15) is 0 Å². The topological polar surface area (TPSA) is 60.2 Å². The van der Waals surface area contributed by atoms with Gasteiger partial charge in [-0.3, -0.25) is 4.98 Å². The number of benzene rings is 1. The highest BCUT2D eigenvalue weighted by Crippen LogP contribution is 2.29. The van der Waals surface area contributed by atoms with Crippen molar-refractivity contribution in [2.45, 2.75) is 19.9 Å². The van der Waals surface area contributed by atoms with Crippen LogP contribution in [0.2, 0.25) is 0 Å². The molecule has 1 atom stereocenters. The van der Waals surface area contributed by atoms with Crippen molar-refractivity contribution in [3.63, 3.8) is 0 Å². The van der Waals surface area contributed by atoms with Crippen molar-refractivity contribution in [3.8, 4) is 0 Å². The third kappa shape index (κ3) is 3.22. The molecule has 0 spiro atoms. The van der Waals surface area contributed by atoms with E-state index in [2.05, 4.69) is 40.1 Å². The maximum Gasteiger partial charge on any atom is 0.0954 e. The second kappa shape index (κ2) is 6.41. The smallest absolute Gasteiger partial charge is 0.0954 e. The highest BCUT2D eigenvalue weighted by atomic mass is 79.9. The Morgan fingerprint density at radius 3 is 2.80 bits per heavy atom. The molecule has 1 aromatic carbocycles. The van der Waals surface area contributed by atoms with Gasteiger partial charge in [-0.25, -0.2) is 0 Å². The monoisotopic (exact) mass is 337 g/mol. The highest BCUT2D eigenvalue weighted by molar-refractivity contribution is 9.10. The zero-order chi connectivity index (χ0) is 14.7. The Morgan fingerprint density at radius 2 is 2.15 bits per heavy atom. The van der Waals surface area contributed by atoms with Gasteiger partial charge in [-0.15, -0.1) is 0 Å². The lowest BCUT2D eigenvalue weighted by Gasteiger charge is -2.23. The molecule has 0 radical (unpaired) electrons. The molecule has 0 aliphatic rings. The van der Waals surface area contributed by atoms with Crippen molar-refractivity contribution in [2.24, 2.45) is 5.92 Å². The number of nitrogens with zero attached hydrogens (tertiary/aromatic N) is 1. The fraction of sp³-hybridized carbons (Fsp3) is 0.400.